The van der Waals surface area contributed by atoms with Crippen molar-refractivity contribution < 1.29 is 9.59 Å². The monoisotopic (exact) mass is 257 g/mol. The fraction of sp³-hybridized carbons (Fsp3) is 0. The Hall–Kier alpha value is -2.13. The minimum absolute atomic E-state index is 0.171. The van der Waals surface area contributed by atoms with Crippen molar-refractivity contribution >= 4 is 39.6 Å². The first kappa shape index (κ1) is 11.0. The lowest BCUT2D eigenvalue weighted by Crippen LogP contribution is -2.06. The van der Waals surface area contributed by atoms with E-state index in [4.69, 9.17) is 11.6 Å². The number of hydrogen-bond donors (Lipinski definition) is 1. The number of hydrogen-bond acceptors (Lipinski definition) is 2. The zero-order chi connectivity index (χ0) is 12.7. The molecule has 4 heteroatoms. The van der Waals surface area contributed by atoms with Gasteiger partial charge in [0.2, 0.25) is 0 Å². The number of allylic oxidation sites excluding steroid dienone is 4. The summed E-state index contributed by atoms with van der Waals surface area (Å²) in [7, 11) is 0. The van der Waals surface area contributed by atoms with Crippen LogP contribution < -0.4 is 0 Å². The molecular formula is C14H8ClNO2. The number of rotatable bonds is 1. The number of ketones is 2. The molecule has 0 spiro atoms. The molecule has 18 heavy (non-hydrogen) atoms. The Balaban J connectivity index is 2.24. The lowest BCUT2D eigenvalue weighted by Gasteiger charge is -2.05. The summed E-state index contributed by atoms with van der Waals surface area (Å²) in [5.74, 6) is -0.351. The van der Waals surface area contributed by atoms with E-state index in [1.807, 2.05) is 12.1 Å². The summed E-state index contributed by atoms with van der Waals surface area (Å²) >= 11 is 6.06. The topological polar surface area (TPSA) is 49.9 Å². The van der Waals surface area contributed by atoms with Gasteiger partial charge in [-0.2, -0.15) is 0 Å². The van der Waals surface area contributed by atoms with Crippen molar-refractivity contribution in [1.29, 1.82) is 0 Å². The molecule has 0 radical (unpaired) electrons. The zero-order valence-electron chi connectivity index (χ0n) is 9.24. The summed E-state index contributed by atoms with van der Waals surface area (Å²) in [5, 5.41) is 1.43. The minimum atomic E-state index is -0.180. The molecule has 0 fully saturated rings. The van der Waals surface area contributed by atoms with Crippen LogP contribution in [0.5, 0.6) is 0 Å². The minimum Gasteiger partial charge on any atom is -0.359 e. The number of carbonyl (C=O) groups excluding carboxylic acids is 2. The highest BCUT2D eigenvalue weighted by atomic mass is 35.5. The Morgan fingerprint density at radius 3 is 2.78 bits per heavy atom. The van der Waals surface area contributed by atoms with E-state index in [2.05, 4.69) is 4.98 Å². The average molecular weight is 258 g/mol. The third-order valence-electron chi connectivity index (χ3n) is 2.91. The van der Waals surface area contributed by atoms with E-state index in [1.165, 1.54) is 18.2 Å². The number of para-hydroxylation sites is 1. The normalized spacial score (nSPS) is 15.3. The molecule has 1 aromatic heterocycles. The number of nitrogens with one attached hydrogen (secondary N) is 1. The molecule has 0 atom stereocenters. The van der Waals surface area contributed by atoms with Gasteiger partial charge >= 0.3 is 0 Å². The Bertz CT molecular complexity index is 737. The third kappa shape index (κ3) is 1.60. The molecule has 0 bridgehead atoms. The van der Waals surface area contributed by atoms with Gasteiger partial charge in [-0.15, -0.1) is 0 Å². The molecule has 3 rings (SSSR count). The number of aromatic nitrogens is 1. The summed E-state index contributed by atoms with van der Waals surface area (Å²) in [4.78, 5) is 26.2. The first-order valence-corrected chi connectivity index (χ1v) is 5.78. The molecule has 1 aliphatic carbocycles. The maximum atomic E-state index is 11.8. The van der Waals surface area contributed by atoms with E-state index in [1.54, 1.807) is 12.3 Å². The molecule has 1 aromatic carbocycles. The fourth-order valence-electron chi connectivity index (χ4n) is 2.06. The van der Waals surface area contributed by atoms with Gasteiger partial charge in [0, 0.05) is 22.7 Å². The van der Waals surface area contributed by atoms with Crippen LogP contribution in [0.4, 0.5) is 0 Å². The second kappa shape index (κ2) is 3.96. The molecule has 0 saturated heterocycles. The number of benzene rings is 1. The molecule has 1 aliphatic rings. The van der Waals surface area contributed by atoms with Crippen LogP contribution >= 0.6 is 11.6 Å². The van der Waals surface area contributed by atoms with Gasteiger partial charge in [0.05, 0.1) is 10.5 Å². The maximum absolute atomic E-state index is 11.8. The molecule has 0 saturated carbocycles. The number of halogens is 1. The Morgan fingerprint density at radius 1 is 1.11 bits per heavy atom. The van der Waals surface area contributed by atoms with Gasteiger partial charge in [-0.1, -0.05) is 23.7 Å². The first-order valence-electron chi connectivity index (χ1n) is 5.41. The van der Waals surface area contributed by atoms with Gasteiger partial charge in [0.15, 0.2) is 11.6 Å². The second-order valence-electron chi connectivity index (χ2n) is 4.02. The summed E-state index contributed by atoms with van der Waals surface area (Å²) in [6, 6.07) is 5.45. The summed E-state index contributed by atoms with van der Waals surface area (Å²) < 4.78 is 0. The number of aromatic amines is 1. The largest absolute Gasteiger partial charge is 0.359 e. The van der Waals surface area contributed by atoms with Crippen LogP contribution in [-0.2, 0) is 9.59 Å². The lowest BCUT2D eigenvalue weighted by atomic mass is 9.96. The highest BCUT2D eigenvalue weighted by Crippen LogP contribution is 2.30. The zero-order valence-corrected chi connectivity index (χ0v) is 9.99. The van der Waals surface area contributed by atoms with Crippen LogP contribution in [0.3, 0.4) is 0 Å². The smallest absolute Gasteiger partial charge is 0.186 e. The summed E-state index contributed by atoms with van der Waals surface area (Å²) in [5.41, 5.74) is 1.87. The molecule has 88 valence electrons. The molecule has 0 aliphatic heterocycles. The van der Waals surface area contributed by atoms with Crippen molar-refractivity contribution in [3.8, 4) is 0 Å². The van der Waals surface area contributed by atoms with E-state index < -0.39 is 0 Å². The standard InChI is InChI=1S/C14H8ClNO2/c15-12-3-1-2-9-11(7-16-14(9)12)10-6-8(17)4-5-13(10)18/h1-7,16H. The third-order valence-corrected chi connectivity index (χ3v) is 3.22. The Labute approximate surface area is 108 Å². The molecule has 3 nitrogen and oxygen atoms in total. The second-order valence-corrected chi connectivity index (χ2v) is 4.43. The van der Waals surface area contributed by atoms with Gasteiger partial charge in [0.1, 0.15) is 0 Å². The van der Waals surface area contributed by atoms with Crippen molar-refractivity contribution in [2.75, 3.05) is 0 Å². The van der Waals surface area contributed by atoms with E-state index in [0.29, 0.717) is 16.2 Å². The van der Waals surface area contributed by atoms with Crippen LogP contribution in [0.1, 0.15) is 5.56 Å². The van der Waals surface area contributed by atoms with Crippen LogP contribution in [0.15, 0.2) is 42.6 Å². The SMILES string of the molecule is O=C1C=CC(=O)C(c2c[nH]c3c(Cl)cccc23)=C1. The van der Waals surface area contributed by atoms with Crippen molar-refractivity contribution in [3.63, 3.8) is 0 Å². The van der Waals surface area contributed by atoms with Crippen LogP contribution in [0.2, 0.25) is 5.02 Å². The maximum Gasteiger partial charge on any atom is 0.186 e. The lowest BCUT2D eigenvalue weighted by molar-refractivity contribution is -0.113. The average Bonchev–Trinajstić information content (AvgIpc) is 2.77. The van der Waals surface area contributed by atoms with Gasteiger partial charge in [-0.25, -0.2) is 0 Å². The molecule has 1 heterocycles. The van der Waals surface area contributed by atoms with Crippen LogP contribution in [-0.4, -0.2) is 16.6 Å². The summed E-state index contributed by atoms with van der Waals surface area (Å²) in [6.07, 6.45) is 5.62. The van der Waals surface area contributed by atoms with Crippen molar-refractivity contribution in [3.05, 3.63) is 53.2 Å². The molecule has 0 amide bonds. The van der Waals surface area contributed by atoms with Gasteiger partial charge in [0.25, 0.3) is 0 Å². The predicted octanol–water partition coefficient (Wildman–Crippen LogP) is 2.91. The molecule has 1 N–H and O–H groups in total. The van der Waals surface area contributed by atoms with Gasteiger partial charge < -0.3 is 4.98 Å². The van der Waals surface area contributed by atoms with Crippen molar-refractivity contribution in [1.82, 2.24) is 4.98 Å². The molecular weight excluding hydrogens is 250 g/mol. The summed E-state index contributed by atoms with van der Waals surface area (Å²) in [6.45, 7) is 0. The van der Waals surface area contributed by atoms with E-state index in [9.17, 15) is 9.59 Å². The van der Waals surface area contributed by atoms with Gasteiger partial charge in [-0.05, 0) is 24.3 Å². The van der Waals surface area contributed by atoms with E-state index in [0.717, 1.165) is 10.9 Å². The number of fused-ring (bicyclic) bond motifs is 1. The van der Waals surface area contributed by atoms with E-state index >= 15 is 0 Å². The fourth-order valence-corrected chi connectivity index (χ4v) is 2.29. The molecule has 2 aromatic rings. The van der Waals surface area contributed by atoms with Crippen molar-refractivity contribution in [2.24, 2.45) is 0 Å². The van der Waals surface area contributed by atoms with E-state index in [-0.39, 0.29) is 11.6 Å². The Kier molecular flexibility index (Phi) is 2.42. The first-order chi connectivity index (χ1) is 8.66. The quantitative estimate of drug-likeness (QED) is 0.799. The van der Waals surface area contributed by atoms with Gasteiger partial charge in [-0.3, -0.25) is 9.59 Å². The predicted molar refractivity (Wildman–Crippen MR) is 70.4 cm³/mol. The highest BCUT2D eigenvalue weighted by molar-refractivity contribution is 6.38. The van der Waals surface area contributed by atoms with Crippen LogP contribution in [0.25, 0.3) is 16.5 Å². The highest BCUT2D eigenvalue weighted by Gasteiger charge is 2.18. The van der Waals surface area contributed by atoms with Crippen LogP contribution in [0, 0.1) is 0 Å². The van der Waals surface area contributed by atoms with Crippen molar-refractivity contribution in [2.45, 2.75) is 0 Å². The number of H-pyrrole nitrogens is 1. The molecule has 0 unspecified atom stereocenters. The Morgan fingerprint density at radius 2 is 1.94 bits per heavy atom. The number of carbonyl (C=O) groups is 2.